The van der Waals surface area contributed by atoms with Gasteiger partial charge < -0.3 is 9.84 Å². The van der Waals surface area contributed by atoms with Crippen molar-refractivity contribution in [2.45, 2.75) is 36.9 Å². The minimum Gasteiger partial charge on any atom is -0.343 e. The molecular formula is C13H16N4O3S. The van der Waals surface area contributed by atoms with Gasteiger partial charge in [0.2, 0.25) is 16.4 Å². The lowest BCUT2D eigenvalue weighted by molar-refractivity contribution is 0.409. The highest BCUT2D eigenvalue weighted by molar-refractivity contribution is 7.89. The van der Waals surface area contributed by atoms with E-state index in [4.69, 9.17) is 0 Å². The Kier molecular flexibility index (Phi) is 4.00. The van der Waals surface area contributed by atoms with E-state index < -0.39 is 10.0 Å². The van der Waals surface area contributed by atoms with E-state index in [2.05, 4.69) is 24.7 Å². The smallest absolute Gasteiger partial charge is 0.241 e. The first-order chi connectivity index (χ1) is 10.1. The first kappa shape index (κ1) is 14.2. The van der Waals surface area contributed by atoms with E-state index in [-0.39, 0.29) is 11.4 Å². The van der Waals surface area contributed by atoms with Gasteiger partial charge in [-0.3, -0.25) is 0 Å². The Hall–Kier alpha value is -1.77. The third kappa shape index (κ3) is 3.66. The molecule has 2 N–H and O–H groups in total. The molecular weight excluding hydrogens is 292 g/mol. The number of nitrogens with one attached hydrogen (secondary N) is 2. The van der Waals surface area contributed by atoms with Gasteiger partial charge in [-0.1, -0.05) is 23.4 Å². The first-order valence-electron chi connectivity index (χ1n) is 6.71. The summed E-state index contributed by atoms with van der Waals surface area (Å²) in [6, 6.07) is 7.49. The molecule has 0 saturated heterocycles. The summed E-state index contributed by atoms with van der Waals surface area (Å²) in [5.41, 5.74) is 0.755. The summed E-state index contributed by atoms with van der Waals surface area (Å²) in [5.74, 6) is 0.298. The average molecular weight is 308 g/mol. The second kappa shape index (κ2) is 5.92. The number of hydrogen-bond donors (Lipinski definition) is 2. The molecule has 1 fully saturated rings. The van der Waals surface area contributed by atoms with E-state index in [0.717, 1.165) is 24.8 Å². The highest BCUT2D eigenvalue weighted by Crippen LogP contribution is 2.21. The zero-order valence-electron chi connectivity index (χ0n) is 11.3. The van der Waals surface area contributed by atoms with Crippen LogP contribution in [0.2, 0.25) is 0 Å². The minimum atomic E-state index is -3.61. The molecule has 0 atom stereocenters. The van der Waals surface area contributed by atoms with Crippen molar-refractivity contribution in [3.05, 3.63) is 42.0 Å². The van der Waals surface area contributed by atoms with Crippen LogP contribution in [-0.2, 0) is 23.1 Å². The van der Waals surface area contributed by atoms with Gasteiger partial charge in [-0.25, -0.2) is 13.1 Å². The van der Waals surface area contributed by atoms with Crippen molar-refractivity contribution >= 4 is 10.0 Å². The van der Waals surface area contributed by atoms with Crippen molar-refractivity contribution < 1.29 is 12.9 Å². The van der Waals surface area contributed by atoms with Crippen LogP contribution in [0.15, 0.2) is 40.1 Å². The van der Waals surface area contributed by atoms with Crippen LogP contribution >= 0.6 is 0 Å². The monoisotopic (exact) mass is 308 g/mol. The van der Waals surface area contributed by atoms with E-state index in [9.17, 15) is 8.42 Å². The average Bonchev–Trinajstić information content (AvgIpc) is 3.17. The molecule has 1 heterocycles. The van der Waals surface area contributed by atoms with Crippen LogP contribution in [-0.4, -0.2) is 24.6 Å². The Morgan fingerprint density at radius 2 is 2.05 bits per heavy atom. The van der Waals surface area contributed by atoms with Gasteiger partial charge in [0.25, 0.3) is 0 Å². The molecule has 0 bridgehead atoms. The van der Waals surface area contributed by atoms with Crippen LogP contribution < -0.4 is 10.0 Å². The zero-order chi connectivity index (χ0) is 14.7. The van der Waals surface area contributed by atoms with Gasteiger partial charge in [-0.15, -0.1) is 0 Å². The molecule has 1 aromatic carbocycles. The Morgan fingerprint density at radius 1 is 1.24 bits per heavy atom. The molecule has 112 valence electrons. The SMILES string of the molecule is O=S(=O)(NCc1ncon1)c1ccccc1CNC1CC1. The summed E-state index contributed by atoms with van der Waals surface area (Å²) in [7, 11) is -3.61. The third-order valence-corrected chi connectivity index (χ3v) is 4.75. The Labute approximate surface area is 122 Å². The molecule has 1 aliphatic rings. The molecule has 8 heteroatoms. The fourth-order valence-electron chi connectivity index (χ4n) is 1.96. The van der Waals surface area contributed by atoms with Gasteiger partial charge in [0.15, 0.2) is 5.82 Å². The van der Waals surface area contributed by atoms with Gasteiger partial charge >= 0.3 is 0 Å². The topological polar surface area (TPSA) is 97.1 Å². The van der Waals surface area contributed by atoms with Crippen LogP contribution in [0.1, 0.15) is 24.2 Å². The van der Waals surface area contributed by atoms with Gasteiger partial charge in [-0.05, 0) is 24.5 Å². The number of rotatable bonds is 7. The van der Waals surface area contributed by atoms with Crippen molar-refractivity contribution in [2.75, 3.05) is 0 Å². The number of sulfonamides is 1. The van der Waals surface area contributed by atoms with Gasteiger partial charge in [0.05, 0.1) is 11.4 Å². The van der Waals surface area contributed by atoms with Gasteiger partial charge in [-0.2, -0.15) is 4.98 Å². The predicted molar refractivity (Wildman–Crippen MR) is 74.6 cm³/mol. The van der Waals surface area contributed by atoms with E-state index in [1.165, 1.54) is 0 Å². The van der Waals surface area contributed by atoms with Crippen molar-refractivity contribution in [3.8, 4) is 0 Å². The summed E-state index contributed by atoms with van der Waals surface area (Å²) < 4.78 is 31.8. The van der Waals surface area contributed by atoms with Crippen LogP contribution in [0.3, 0.4) is 0 Å². The fourth-order valence-corrected chi connectivity index (χ4v) is 3.18. The quantitative estimate of drug-likeness (QED) is 0.785. The fraction of sp³-hybridized carbons (Fsp3) is 0.385. The molecule has 0 spiro atoms. The van der Waals surface area contributed by atoms with E-state index in [1.807, 2.05) is 12.1 Å². The van der Waals surface area contributed by atoms with Crippen molar-refractivity contribution in [2.24, 2.45) is 0 Å². The molecule has 1 aliphatic carbocycles. The maximum atomic E-state index is 12.4. The van der Waals surface area contributed by atoms with Crippen molar-refractivity contribution in [3.63, 3.8) is 0 Å². The second-order valence-electron chi connectivity index (χ2n) is 4.93. The summed E-state index contributed by atoms with van der Waals surface area (Å²) in [6.45, 7) is 0.549. The molecule has 0 aliphatic heterocycles. The maximum Gasteiger partial charge on any atom is 0.241 e. The van der Waals surface area contributed by atoms with Crippen LogP contribution in [0.25, 0.3) is 0 Å². The molecule has 0 radical (unpaired) electrons. The molecule has 1 saturated carbocycles. The Morgan fingerprint density at radius 3 is 2.76 bits per heavy atom. The standard InChI is InChI=1S/C13H16N4O3S/c18-21(19,16-8-13-15-9-20-17-13)12-4-2-1-3-10(12)7-14-11-5-6-11/h1-4,9,11,14,16H,5-8H2. The molecule has 0 unspecified atom stereocenters. The van der Waals surface area contributed by atoms with Gasteiger partial charge in [0, 0.05) is 12.6 Å². The molecule has 7 nitrogen and oxygen atoms in total. The molecule has 2 aromatic rings. The van der Waals surface area contributed by atoms with E-state index >= 15 is 0 Å². The third-order valence-electron chi connectivity index (χ3n) is 3.25. The highest BCUT2D eigenvalue weighted by Gasteiger charge is 2.23. The van der Waals surface area contributed by atoms with E-state index in [0.29, 0.717) is 18.4 Å². The Bertz CT molecular complexity index is 696. The molecule has 1 aromatic heterocycles. The zero-order valence-corrected chi connectivity index (χ0v) is 12.1. The maximum absolute atomic E-state index is 12.4. The number of nitrogens with zero attached hydrogens (tertiary/aromatic N) is 2. The van der Waals surface area contributed by atoms with Crippen LogP contribution in [0, 0.1) is 0 Å². The molecule has 3 rings (SSSR count). The van der Waals surface area contributed by atoms with Crippen LogP contribution in [0.4, 0.5) is 0 Å². The predicted octanol–water partition coefficient (Wildman–Crippen LogP) is 0.800. The van der Waals surface area contributed by atoms with Crippen molar-refractivity contribution in [1.29, 1.82) is 0 Å². The first-order valence-corrected chi connectivity index (χ1v) is 8.20. The van der Waals surface area contributed by atoms with Crippen LogP contribution in [0.5, 0.6) is 0 Å². The van der Waals surface area contributed by atoms with Crippen molar-refractivity contribution in [1.82, 2.24) is 20.2 Å². The normalized spacial score (nSPS) is 15.2. The summed E-state index contributed by atoms with van der Waals surface area (Å²) >= 11 is 0. The lowest BCUT2D eigenvalue weighted by Crippen LogP contribution is -2.26. The number of hydrogen-bond acceptors (Lipinski definition) is 6. The molecule has 21 heavy (non-hydrogen) atoms. The lowest BCUT2D eigenvalue weighted by atomic mass is 10.2. The molecule has 0 amide bonds. The lowest BCUT2D eigenvalue weighted by Gasteiger charge is -2.11. The summed E-state index contributed by atoms with van der Waals surface area (Å²) in [4.78, 5) is 4.07. The second-order valence-corrected chi connectivity index (χ2v) is 6.67. The number of aromatic nitrogens is 2. The minimum absolute atomic E-state index is 0.00320. The summed E-state index contributed by atoms with van der Waals surface area (Å²) in [5, 5.41) is 6.90. The largest absolute Gasteiger partial charge is 0.343 e. The number of benzene rings is 1. The Balaban J connectivity index is 1.73. The van der Waals surface area contributed by atoms with Gasteiger partial charge in [0.1, 0.15) is 0 Å². The summed E-state index contributed by atoms with van der Waals surface area (Å²) in [6.07, 6.45) is 3.48. The highest BCUT2D eigenvalue weighted by atomic mass is 32.2. The van der Waals surface area contributed by atoms with E-state index in [1.54, 1.807) is 12.1 Å².